The van der Waals surface area contributed by atoms with Gasteiger partial charge in [-0.25, -0.2) is 0 Å². The molecule has 5 heteroatoms. The van der Waals surface area contributed by atoms with Crippen molar-refractivity contribution in [3.8, 4) is 0 Å². The molecule has 1 aliphatic rings. The normalized spacial score (nSPS) is 16.5. The Morgan fingerprint density at radius 1 is 1.18 bits per heavy atom. The van der Waals surface area contributed by atoms with E-state index in [4.69, 9.17) is 0 Å². The molecule has 0 aliphatic heterocycles. The maximum Gasteiger partial charge on any atom is 0.223 e. The van der Waals surface area contributed by atoms with Gasteiger partial charge in [0.15, 0.2) is 5.96 Å². The summed E-state index contributed by atoms with van der Waals surface area (Å²) in [5.74, 6) is 2.08. The summed E-state index contributed by atoms with van der Waals surface area (Å²) in [6.45, 7) is 10.9. The molecule has 1 amide bonds. The van der Waals surface area contributed by atoms with E-state index in [9.17, 15) is 4.79 Å². The third-order valence-corrected chi connectivity index (χ3v) is 3.78. The first kappa shape index (κ1) is 18.8. The van der Waals surface area contributed by atoms with Gasteiger partial charge in [-0.1, -0.05) is 26.7 Å². The fourth-order valence-electron chi connectivity index (χ4n) is 2.29. The second-order valence-corrected chi connectivity index (χ2v) is 6.70. The van der Waals surface area contributed by atoms with Crippen molar-refractivity contribution < 1.29 is 4.79 Å². The van der Waals surface area contributed by atoms with Crippen LogP contribution < -0.4 is 16.0 Å². The van der Waals surface area contributed by atoms with Crippen LogP contribution >= 0.6 is 0 Å². The summed E-state index contributed by atoms with van der Waals surface area (Å²) >= 11 is 0. The van der Waals surface area contributed by atoms with E-state index >= 15 is 0 Å². The minimum atomic E-state index is 0.190. The van der Waals surface area contributed by atoms with E-state index in [0.29, 0.717) is 19.1 Å². The van der Waals surface area contributed by atoms with Crippen molar-refractivity contribution in [2.45, 2.75) is 65.8 Å². The van der Waals surface area contributed by atoms with Crippen LogP contribution in [0, 0.1) is 11.8 Å². The molecule has 1 unspecified atom stereocenters. The van der Waals surface area contributed by atoms with Gasteiger partial charge in [0.2, 0.25) is 5.91 Å². The van der Waals surface area contributed by atoms with Crippen LogP contribution in [0.1, 0.15) is 59.8 Å². The third-order valence-electron chi connectivity index (χ3n) is 3.78. The molecule has 0 bridgehead atoms. The van der Waals surface area contributed by atoms with Crippen LogP contribution in [0.25, 0.3) is 0 Å². The number of nitrogens with one attached hydrogen (secondary N) is 3. The van der Waals surface area contributed by atoms with Crippen LogP contribution in [0.2, 0.25) is 0 Å². The Morgan fingerprint density at radius 3 is 2.50 bits per heavy atom. The van der Waals surface area contributed by atoms with Crippen LogP contribution in [0.4, 0.5) is 0 Å². The fourth-order valence-corrected chi connectivity index (χ4v) is 2.29. The molecule has 0 aromatic rings. The fraction of sp³-hybridized carbons (Fsp3) is 0.882. The molecule has 0 saturated heterocycles. The van der Waals surface area contributed by atoms with E-state index < -0.39 is 0 Å². The average molecular weight is 310 g/mol. The Hall–Kier alpha value is -1.26. The summed E-state index contributed by atoms with van der Waals surface area (Å²) < 4.78 is 0. The molecule has 0 aromatic carbocycles. The minimum absolute atomic E-state index is 0.190. The zero-order valence-electron chi connectivity index (χ0n) is 14.7. The SMILES string of the molecule is CCNC(=NCCNC(=O)C1CC1)NC(C)CCCC(C)C. The summed E-state index contributed by atoms with van der Waals surface area (Å²) in [6.07, 6.45) is 5.76. The second kappa shape index (κ2) is 10.5. The first-order chi connectivity index (χ1) is 10.5. The lowest BCUT2D eigenvalue weighted by molar-refractivity contribution is -0.122. The smallest absolute Gasteiger partial charge is 0.223 e. The van der Waals surface area contributed by atoms with Crippen molar-refractivity contribution in [3.05, 3.63) is 0 Å². The van der Waals surface area contributed by atoms with Gasteiger partial charge in [0.1, 0.15) is 0 Å². The van der Waals surface area contributed by atoms with Crippen molar-refractivity contribution in [3.63, 3.8) is 0 Å². The number of carbonyl (C=O) groups is 1. The lowest BCUT2D eigenvalue weighted by Gasteiger charge is -2.18. The van der Waals surface area contributed by atoms with E-state index in [1.165, 1.54) is 12.8 Å². The lowest BCUT2D eigenvalue weighted by Crippen LogP contribution is -2.42. The van der Waals surface area contributed by atoms with Gasteiger partial charge in [-0.2, -0.15) is 0 Å². The minimum Gasteiger partial charge on any atom is -0.357 e. The summed E-state index contributed by atoms with van der Waals surface area (Å²) in [6, 6.07) is 0.414. The standard InChI is InChI=1S/C17H34N4O/c1-5-18-17(21-14(4)8-6-7-13(2)3)20-12-11-19-16(22)15-9-10-15/h13-15H,5-12H2,1-4H3,(H,19,22)(H2,18,20,21). The van der Waals surface area contributed by atoms with Crippen molar-refractivity contribution in [1.29, 1.82) is 0 Å². The van der Waals surface area contributed by atoms with Gasteiger partial charge in [-0.05, 0) is 39.0 Å². The molecule has 5 nitrogen and oxygen atoms in total. The molecule has 0 heterocycles. The highest BCUT2D eigenvalue weighted by Crippen LogP contribution is 2.28. The van der Waals surface area contributed by atoms with Gasteiger partial charge >= 0.3 is 0 Å². The van der Waals surface area contributed by atoms with Crippen molar-refractivity contribution >= 4 is 11.9 Å². The van der Waals surface area contributed by atoms with E-state index in [2.05, 4.69) is 48.6 Å². The molecule has 1 rings (SSSR count). The number of hydrogen-bond acceptors (Lipinski definition) is 2. The Balaban J connectivity index is 2.23. The van der Waals surface area contributed by atoms with Gasteiger partial charge in [0.05, 0.1) is 6.54 Å². The zero-order valence-corrected chi connectivity index (χ0v) is 14.7. The van der Waals surface area contributed by atoms with Crippen LogP contribution in [0.5, 0.6) is 0 Å². The molecule has 1 fully saturated rings. The molecule has 1 saturated carbocycles. The number of aliphatic imine (C=N–C) groups is 1. The highest BCUT2D eigenvalue weighted by molar-refractivity contribution is 5.81. The predicted octanol–water partition coefficient (Wildman–Crippen LogP) is 2.28. The molecule has 0 spiro atoms. The van der Waals surface area contributed by atoms with Gasteiger partial charge in [0, 0.05) is 25.0 Å². The van der Waals surface area contributed by atoms with Gasteiger partial charge < -0.3 is 16.0 Å². The van der Waals surface area contributed by atoms with Crippen molar-refractivity contribution in [1.82, 2.24) is 16.0 Å². The molecular weight excluding hydrogens is 276 g/mol. The zero-order chi connectivity index (χ0) is 16.4. The number of amides is 1. The highest BCUT2D eigenvalue weighted by atomic mass is 16.2. The molecule has 3 N–H and O–H groups in total. The van der Waals surface area contributed by atoms with Crippen molar-refractivity contribution in [2.75, 3.05) is 19.6 Å². The number of nitrogens with zero attached hydrogens (tertiary/aromatic N) is 1. The van der Waals surface area contributed by atoms with E-state index in [1.54, 1.807) is 0 Å². The lowest BCUT2D eigenvalue weighted by atomic mass is 10.0. The summed E-state index contributed by atoms with van der Waals surface area (Å²) in [5.41, 5.74) is 0. The largest absolute Gasteiger partial charge is 0.357 e. The number of carbonyl (C=O) groups excluding carboxylic acids is 1. The summed E-state index contributed by atoms with van der Waals surface area (Å²) in [7, 11) is 0. The monoisotopic (exact) mass is 310 g/mol. The van der Waals surface area contributed by atoms with Crippen molar-refractivity contribution in [2.24, 2.45) is 16.8 Å². The molecule has 0 aromatic heterocycles. The quantitative estimate of drug-likeness (QED) is 0.329. The molecule has 22 heavy (non-hydrogen) atoms. The Morgan fingerprint density at radius 2 is 1.91 bits per heavy atom. The topological polar surface area (TPSA) is 65.5 Å². The molecule has 1 aliphatic carbocycles. The molecule has 0 radical (unpaired) electrons. The maximum absolute atomic E-state index is 11.5. The Labute approximate surface area is 135 Å². The van der Waals surface area contributed by atoms with E-state index in [-0.39, 0.29) is 11.8 Å². The number of hydrogen-bond donors (Lipinski definition) is 3. The maximum atomic E-state index is 11.5. The average Bonchev–Trinajstić information content (AvgIpc) is 3.27. The van der Waals surface area contributed by atoms with Crippen LogP contribution in [-0.4, -0.2) is 37.5 Å². The summed E-state index contributed by atoms with van der Waals surface area (Å²) in [5, 5.41) is 9.64. The second-order valence-electron chi connectivity index (χ2n) is 6.70. The Bertz CT molecular complexity index is 351. The van der Waals surface area contributed by atoms with Gasteiger partial charge in [-0.3, -0.25) is 9.79 Å². The third kappa shape index (κ3) is 8.90. The molecule has 1 atom stereocenters. The molecular formula is C17H34N4O. The highest BCUT2D eigenvalue weighted by Gasteiger charge is 2.28. The Kier molecular flexibility index (Phi) is 8.94. The molecule has 128 valence electrons. The number of rotatable bonds is 10. The van der Waals surface area contributed by atoms with Crippen LogP contribution in [0.3, 0.4) is 0 Å². The van der Waals surface area contributed by atoms with E-state index in [1.807, 2.05) is 0 Å². The number of guanidine groups is 1. The first-order valence-electron chi connectivity index (χ1n) is 8.85. The van der Waals surface area contributed by atoms with Gasteiger partial charge in [-0.15, -0.1) is 0 Å². The first-order valence-corrected chi connectivity index (χ1v) is 8.85. The predicted molar refractivity (Wildman–Crippen MR) is 93.0 cm³/mol. The van der Waals surface area contributed by atoms with Gasteiger partial charge in [0.25, 0.3) is 0 Å². The van der Waals surface area contributed by atoms with Crippen LogP contribution in [-0.2, 0) is 4.79 Å². The summed E-state index contributed by atoms with van der Waals surface area (Å²) in [4.78, 5) is 16.1. The van der Waals surface area contributed by atoms with Crippen LogP contribution in [0.15, 0.2) is 4.99 Å². The van der Waals surface area contributed by atoms with E-state index in [0.717, 1.165) is 37.7 Å².